The molecule has 7 nitrogen and oxygen atoms in total. The molecule has 2 aliphatic rings. The fourth-order valence-electron chi connectivity index (χ4n) is 2.70. The van der Waals surface area contributed by atoms with Gasteiger partial charge in [0.15, 0.2) is 5.69 Å². The molecular weight excluding hydrogens is 264 g/mol. The second kappa shape index (κ2) is 4.59. The quantitative estimate of drug-likeness (QED) is 0.795. The van der Waals surface area contributed by atoms with Crippen LogP contribution in [0, 0.1) is 0 Å². The van der Waals surface area contributed by atoms with Crippen LogP contribution in [0.2, 0.25) is 0 Å². The van der Waals surface area contributed by atoms with Gasteiger partial charge in [-0.2, -0.15) is 0 Å². The maximum Gasteiger partial charge on any atom is 0.361 e. The van der Waals surface area contributed by atoms with Gasteiger partial charge in [-0.05, 0) is 26.2 Å². The first-order valence-corrected chi connectivity index (χ1v) is 6.74. The first-order chi connectivity index (χ1) is 9.59. The minimum atomic E-state index is -0.787. The van der Waals surface area contributed by atoms with Crippen LogP contribution in [-0.2, 0) is 21.6 Å². The lowest BCUT2D eigenvalue weighted by Gasteiger charge is -2.44. The molecule has 0 amide bonds. The third kappa shape index (κ3) is 1.73. The molecular formula is C13H16N2O5. The molecule has 0 aromatic carbocycles. The van der Waals surface area contributed by atoms with Gasteiger partial charge in [0.25, 0.3) is 5.56 Å². The van der Waals surface area contributed by atoms with Gasteiger partial charge in [-0.15, -0.1) is 0 Å². The lowest BCUT2D eigenvalue weighted by Crippen LogP contribution is -2.48. The summed E-state index contributed by atoms with van der Waals surface area (Å²) in [6.07, 6.45) is 2.53. The van der Waals surface area contributed by atoms with Gasteiger partial charge in [-0.3, -0.25) is 9.36 Å². The molecule has 2 heterocycles. The van der Waals surface area contributed by atoms with Crippen molar-refractivity contribution in [2.45, 2.75) is 38.3 Å². The minimum absolute atomic E-state index is 0.153. The normalized spacial score (nSPS) is 19.2. The minimum Gasteiger partial charge on any atom is -0.501 e. The molecule has 1 aromatic rings. The Hall–Kier alpha value is -1.89. The van der Waals surface area contributed by atoms with Gasteiger partial charge in [-0.1, -0.05) is 0 Å². The monoisotopic (exact) mass is 280 g/mol. The van der Waals surface area contributed by atoms with Crippen molar-refractivity contribution in [3.8, 4) is 5.75 Å². The number of aromatic hydroxyl groups is 1. The Morgan fingerprint density at radius 1 is 1.55 bits per heavy atom. The average molecular weight is 280 g/mol. The van der Waals surface area contributed by atoms with Gasteiger partial charge in [0.1, 0.15) is 11.4 Å². The Morgan fingerprint density at radius 3 is 2.90 bits per heavy atom. The SMILES string of the molecule is CCOC(=O)c1nc2n(c(=O)c1O)CCOC21CCC1. The molecule has 1 saturated carbocycles. The number of ether oxygens (including phenoxy) is 2. The first kappa shape index (κ1) is 13.1. The molecule has 1 aliphatic carbocycles. The first-order valence-electron chi connectivity index (χ1n) is 6.74. The van der Waals surface area contributed by atoms with Crippen LogP contribution >= 0.6 is 0 Å². The van der Waals surface area contributed by atoms with E-state index in [-0.39, 0.29) is 12.3 Å². The fourth-order valence-corrected chi connectivity index (χ4v) is 2.70. The summed E-state index contributed by atoms with van der Waals surface area (Å²) < 4.78 is 12.0. The van der Waals surface area contributed by atoms with Crippen LogP contribution in [-0.4, -0.2) is 33.8 Å². The van der Waals surface area contributed by atoms with E-state index in [1.54, 1.807) is 6.92 Å². The number of hydrogen-bond donors (Lipinski definition) is 1. The highest BCUT2D eigenvalue weighted by Gasteiger charge is 2.46. The van der Waals surface area contributed by atoms with Crippen molar-refractivity contribution in [1.82, 2.24) is 9.55 Å². The topological polar surface area (TPSA) is 90.7 Å². The van der Waals surface area contributed by atoms with E-state index in [1.165, 1.54) is 4.57 Å². The zero-order valence-electron chi connectivity index (χ0n) is 11.2. The number of hydrogen-bond acceptors (Lipinski definition) is 6. The second-order valence-electron chi connectivity index (χ2n) is 5.01. The van der Waals surface area contributed by atoms with E-state index in [1.807, 2.05) is 0 Å². The van der Waals surface area contributed by atoms with Crippen molar-refractivity contribution in [3.63, 3.8) is 0 Å². The van der Waals surface area contributed by atoms with Crippen LogP contribution in [0.4, 0.5) is 0 Å². The van der Waals surface area contributed by atoms with Crippen LogP contribution in [0.5, 0.6) is 5.75 Å². The standard InChI is InChI=1S/C13H16N2O5/c1-2-19-11(18)8-9(16)10(17)15-6-7-20-13(4-3-5-13)12(15)14-8/h16H,2-7H2,1H3. The maximum atomic E-state index is 12.2. The van der Waals surface area contributed by atoms with Crippen LogP contribution < -0.4 is 5.56 Å². The number of esters is 1. The van der Waals surface area contributed by atoms with Gasteiger partial charge >= 0.3 is 5.97 Å². The summed E-state index contributed by atoms with van der Waals surface area (Å²) in [4.78, 5) is 28.1. The summed E-state index contributed by atoms with van der Waals surface area (Å²) >= 11 is 0. The third-order valence-corrected chi connectivity index (χ3v) is 3.88. The van der Waals surface area contributed by atoms with Gasteiger partial charge < -0.3 is 14.6 Å². The van der Waals surface area contributed by atoms with Gasteiger partial charge in [0.2, 0.25) is 5.75 Å². The van der Waals surface area contributed by atoms with E-state index in [4.69, 9.17) is 9.47 Å². The van der Waals surface area contributed by atoms with Crippen LogP contribution in [0.15, 0.2) is 4.79 Å². The van der Waals surface area contributed by atoms with E-state index in [0.29, 0.717) is 19.0 Å². The molecule has 0 atom stereocenters. The zero-order valence-corrected chi connectivity index (χ0v) is 11.2. The van der Waals surface area contributed by atoms with Crippen LogP contribution in [0.25, 0.3) is 0 Å². The Morgan fingerprint density at radius 2 is 2.30 bits per heavy atom. The highest BCUT2D eigenvalue weighted by molar-refractivity contribution is 5.90. The van der Waals surface area contributed by atoms with Gasteiger partial charge in [0, 0.05) is 0 Å². The molecule has 108 valence electrons. The van der Waals surface area contributed by atoms with E-state index >= 15 is 0 Å². The lowest BCUT2D eigenvalue weighted by atomic mass is 9.78. The molecule has 1 N–H and O–H groups in total. The van der Waals surface area contributed by atoms with Crippen molar-refractivity contribution in [2.24, 2.45) is 0 Å². The van der Waals surface area contributed by atoms with E-state index < -0.39 is 22.9 Å². The van der Waals surface area contributed by atoms with Crippen LogP contribution in [0.3, 0.4) is 0 Å². The third-order valence-electron chi connectivity index (χ3n) is 3.88. The molecule has 0 saturated heterocycles. The fraction of sp³-hybridized carbons (Fsp3) is 0.615. The van der Waals surface area contributed by atoms with E-state index in [0.717, 1.165) is 19.3 Å². The molecule has 3 rings (SSSR count). The maximum absolute atomic E-state index is 12.2. The van der Waals surface area contributed by atoms with Gasteiger partial charge in [-0.25, -0.2) is 9.78 Å². The lowest BCUT2D eigenvalue weighted by molar-refractivity contribution is -0.134. The Balaban J connectivity index is 2.15. The molecule has 7 heteroatoms. The van der Waals surface area contributed by atoms with Crippen LogP contribution in [0.1, 0.15) is 42.5 Å². The molecule has 0 unspecified atom stereocenters. The highest BCUT2D eigenvalue weighted by Crippen LogP contribution is 2.45. The summed E-state index contributed by atoms with van der Waals surface area (Å²) in [5.74, 6) is -1.00. The number of rotatable bonds is 2. The van der Waals surface area contributed by atoms with Crippen molar-refractivity contribution in [3.05, 3.63) is 21.9 Å². The largest absolute Gasteiger partial charge is 0.501 e. The number of carbonyl (C=O) groups is 1. The number of nitrogens with zero attached hydrogens (tertiary/aromatic N) is 2. The van der Waals surface area contributed by atoms with E-state index in [2.05, 4.69) is 4.98 Å². The molecule has 1 aromatic heterocycles. The molecule has 1 spiro atoms. The Kier molecular flexibility index (Phi) is 3.01. The molecule has 1 aliphatic heterocycles. The summed E-state index contributed by atoms with van der Waals surface area (Å²) in [7, 11) is 0. The molecule has 1 fully saturated rings. The van der Waals surface area contributed by atoms with Crippen molar-refractivity contribution in [2.75, 3.05) is 13.2 Å². The summed E-state index contributed by atoms with van der Waals surface area (Å²) in [5, 5.41) is 9.87. The van der Waals surface area contributed by atoms with E-state index in [9.17, 15) is 14.7 Å². The summed E-state index contributed by atoms with van der Waals surface area (Å²) in [6, 6.07) is 0. The smallest absolute Gasteiger partial charge is 0.361 e. The molecule has 0 bridgehead atoms. The van der Waals surface area contributed by atoms with Gasteiger partial charge in [0.05, 0.1) is 19.8 Å². The second-order valence-corrected chi connectivity index (χ2v) is 5.01. The summed E-state index contributed by atoms with van der Waals surface area (Å²) in [5.41, 5.74) is -1.50. The average Bonchev–Trinajstić information content (AvgIpc) is 2.40. The Bertz CT molecular complexity index is 618. The number of carbonyl (C=O) groups excluding carboxylic acids is 1. The summed E-state index contributed by atoms with van der Waals surface area (Å²) in [6.45, 7) is 2.54. The Labute approximate surface area is 115 Å². The van der Waals surface area contributed by atoms with Crippen molar-refractivity contribution < 1.29 is 19.4 Å². The molecule has 20 heavy (non-hydrogen) atoms. The molecule has 0 radical (unpaired) electrons. The number of aromatic nitrogens is 2. The van der Waals surface area contributed by atoms with Crippen molar-refractivity contribution >= 4 is 5.97 Å². The number of fused-ring (bicyclic) bond motifs is 2. The highest BCUT2D eigenvalue weighted by atomic mass is 16.5. The zero-order chi connectivity index (χ0) is 14.3. The predicted molar refractivity (Wildman–Crippen MR) is 67.6 cm³/mol. The van der Waals surface area contributed by atoms with Crippen molar-refractivity contribution in [1.29, 1.82) is 0 Å². The predicted octanol–water partition coefficient (Wildman–Crippen LogP) is 0.535.